The normalized spacial score (nSPS) is 10.9. The molecule has 0 N–H and O–H groups in total. The molecule has 35 heavy (non-hydrogen) atoms. The van der Waals surface area contributed by atoms with Gasteiger partial charge in [-0.2, -0.15) is 0 Å². The molecule has 0 saturated carbocycles. The van der Waals surface area contributed by atoms with Crippen molar-refractivity contribution in [2.75, 3.05) is 6.61 Å². The zero-order chi connectivity index (χ0) is 24.6. The van der Waals surface area contributed by atoms with E-state index in [9.17, 15) is 9.59 Å². The Morgan fingerprint density at radius 2 is 1.54 bits per heavy atom. The number of carbonyl (C=O) groups excluding carboxylic acids is 2. The molecule has 0 aliphatic heterocycles. The molecule has 5 heteroatoms. The number of nitrogens with zero attached hydrogens (tertiary/aromatic N) is 1. The molecule has 0 saturated heterocycles. The van der Waals surface area contributed by atoms with Gasteiger partial charge in [-0.05, 0) is 72.7 Å². The molecule has 0 amide bonds. The smallest absolute Gasteiger partial charge is 0.306 e. The SMILES string of the molecule is CCOC(=O)CCc1ccc2c(c1)c(CCc1ccccc1)cn2-c1ccc(COC(C)=O)cc1. The summed E-state index contributed by atoms with van der Waals surface area (Å²) in [5, 5.41) is 1.20. The van der Waals surface area contributed by atoms with Gasteiger partial charge in [0.05, 0.1) is 12.1 Å². The van der Waals surface area contributed by atoms with E-state index in [1.165, 1.54) is 23.4 Å². The highest BCUT2D eigenvalue weighted by molar-refractivity contribution is 5.86. The molecule has 0 aliphatic carbocycles. The maximum atomic E-state index is 11.9. The van der Waals surface area contributed by atoms with Gasteiger partial charge in [-0.15, -0.1) is 0 Å². The molecule has 4 aromatic rings. The van der Waals surface area contributed by atoms with Crippen LogP contribution in [0.15, 0.2) is 79.0 Å². The van der Waals surface area contributed by atoms with Gasteiger partial charge in [0.2, 0.25) is 0 Å². The van der Waals surface area contributed by atoms with Crippen LogP contribution in [-0.4, -0.2) is 23.1 Å². The second-order valence-corrected chi connectivity index (χ2v) is 8.61. The van der Waals surface area contributed by atoms with E-state index in [-0.39, 0.29) is 18.5 Å². The van der Waals surface area contributed by atoms with Crippen molar-refractivity contribution in [1.29, 1.82) is 0 Å². The van der Waals surface area contributed by atoms with Crippen LogP contribution in [-0.2, 0) is 44.9 Å². The number of rotatable bonds is 10. The minimum Gasteiger partial charge on any atom is -0.466 e. The molecule has 180 valence electrons. The van der Waals surface area contributed by atoms with Gasteiger partial charge in [-0.25, -0.2) is 0 Å². The molecule has 0 atom stereocenters. The van der Waals surface area contributed by atoms with Crippen LogP contribution in [0.3, 0.4) is 0 Å². The van der Waals surface area contributed by atoms with Crippen molar-refractivity contribution in [1.82, 2.24) is 4.57 Å². The van der Waals surface area contributed by atoms with Crippen molar-refractivity contribution in [2.45, 2.75) is 46.1 Å². The van der Waals surface area contributed by atoms with Crippen molar-refractivity contribution < 1.29 is 19.1 Å². The number of carbonyl (C=O) groups is 2. The third-order valence-corrected chi connectivity index (χ3v) is 6.06. The van der Waals surface area contributed by atoms with Gasteiger partial charge in [0, 0.05) is 30.6 Å². The first-order valence-electron chi connectivity index (χ1n) is 12.1. The van der Waals surface area contributed by atoms with Crippen LogP contribution in [0.2, 0.25) is 0 Å². The van der Waals surface area contributed by atoms with Crippen molar-refractivity contribution >= 4 is 22.8 Å². The molecule has 0 spiro atoms. The predicted octanol–water partition coefficient (Wildman–Crippen LogP) is 5.97. The molecule has 5 nitrogen and oxygen atoms in total. The fraction of sp³-hybridized carbons (Fsp3) is 0.267. The molecule has 1 aromatic heterocycles. The summed E-state index contributed by atoms with van der Waals surface area (Å²) >= 11 is 0. The summed E-state index contributed by atoms with van der Waals surface area (Å²) in [5.41, 5.74) is 6.83. The molecule has 0 fully saturated rings. The largest absolute Gasteiger partial charge is 0.466 e. The Morgan fingerprint density at radius 3 is 2.26 bits per heavy atom. The maximum absolute atomic E-state index is 11.9. The average molecular weight is 470 g/mol. The van der Waals surface area contributed by atoms with Gasteiger partial charge in [-0.1, -0.05) is 48.5 Å². The van der Waals surface area contributed by atoms with E-state index in [1.54, 1.807) is 0 Å². The first-order chi connectivity index (χ1) is 17.0. The van der Waals surface area contributed by atoms with Crippen LogP contribution >= 0.6 is 0 Å². The fourth-order valence-corrected chi connectivity index (χ4v) is 4.25. The summed E-state index contributed by atoms with van der Waals surface area (Å²) in [5.74, 6) is -0.449. The van der Waals surface area contributed by atoms with Crippen LogP contribution < -0.4 is 0 Å². The number of esters is 2. The van der Waals surface area contributed by atoms with Crippen molar-refractivity contribution in [3.63, 3.8) is 0 Å². The van der Waals surface area contributed by atoms with E-state index in [4.69, 9.17) is 9.47 Å². The lowest BCUT2D eigenvalue weighted by molar-refractivity contribution is -0.143. The zero-order valence-electron chi connectivity index (χ0n) is 20.3. The van der Waals surface area contributed by atoms with Crippen LogP contribution in [0.1, 0.15) is 42.5 Å². The second kappa shape index (κ2) is 11.5. The number of benzene rings is 3. The summed E-state index contributed by atoms with van der Waals surface area (Å²) in [6.07, 6.45) is 5.11. The highest BCUT2D eigenvalue weighted by Crippen LogP contribution is 2.28. The van der Waals surface area contributed by atoms with Crippen molar-refractivity contribution in [3.8, 4) is 5.69 Å². The summed E-state index contributed by atoms with van der Waals surface area (Å²) in [4.78, 5) is 23.0. The van der Waals surface area contributed by atoms with E-state index < -0.39 is 0 Å². The Hall–Kier alpha value is -3.86. The Morgan fingerprint density at radius 1 is 0.800 bits per heavy atom. The molecular weight excluding hydrogens is 438 g/mol. The monoisotopic (exact) mass is 469 g/mol. The third-order valence-electron chi connectivity index (χ3n) is 6.06. The number of hydrogen-bond acceptors (Lipinski definition) is 4. The second-order valence-electron chi connectivity index (χ2n) is 8.61. The summed E-state index contributed by atoms with van der Waals surface area (Å²) in [7, 11) is 0. The van der Waals surface area contributed by atoms with E-state index in [2.05, 4.69) is 53.2 Å². The lowest BCUT2D eigenvalue weighted by Crippen LogP contribution is -2.05. The lowest BCUT2D eigenvalue weighted by atomic mass is 10.0. The van der Waals surface area contributed by atoms with Crippen LogP contribution in [0.4, 0.5) is 0 Å². The van der Waals surface area contributed by atoms with E-state index in [0.29, 0.717) is 19.4 Å². The Labute approximate surface area is 206 Å². The minimum absolute atomic E-state index is 0.164. The zero-order valence-corrected chi connectivity index (χ0v) is 20.3. The molecule has 1 heterocycles. The fourth-order valence-electron chi connectivity index (χ4n) is 4.25. The quantitative estimate of drug-likeness (QED) is 0.268. The third kappa shape index (κ3) is 6.38. The highest BCUT2D eigenvalue weighted by Gasteiger charge is 2.12. The van der Waals surface area contributed by atoms with Crippen LogP contribution in [0.25, 0.3) is 16.6 Å². The molecular formula is C30H31NO4. The summed E-state index contributed by atoms with van der Waals surface area (Å²) < 4.78 is 12.4. The first-order valence-corrected chi connectivity index (χ1v) is 12.1. The molecule has 3 aromatic carbocycles. The highest BCUT2D eigenvalue weighted by atomic mass is 16.5. The molecule has 0 radical (unpaired) electrons. The van der Waals surface area contributed by atoms with Gasteiger partial charge in [0.15, 0.2) is 0 Å². The van der Waals surface area contributed by atoms with Gasteiger partial charge < -0.3 is 14.0 Å². The Balaban J connectivity index is 1.63. The summed E-state index contributed by atoms with van der Waals surface area (Å²) in [6.45, 7) is 3.92. The van der Waals surface area contributed by atoms with E-state index in [0.717, 1.165) is 35.2 Å². The standard InChI is InChI=1S/C30H31NO4/c1-3-34-30(33)18-13-24-12-17-29-28(19-24)26(14-9-23-7-5-4-6-8-23)20-31(29)27-15-10-25(11-16-27)21-35-22(2)32/h4-8,10-12,15-17,19-20H,3,9,13-14,18,21H2,1-2H3. The van der Waals surface area contributed by atoms with Gasteiger partial charge >= 0.3 is 11.9 Å². The maximum Gasteiger partial charge on any atom is 0.306 e. The first kappa shape index (κ1) is 24.3. The number of aromatic nitrogens is 1. The number of ether oxygens (including phenoxy) is 2. The van der Waals surface area contributed by atoms with E-state index >= 15 is 0 Å². The lowest BCUT2D eigenvalue weighted by Gasteiger charge is -2.08. The minimum atomic E-state index is -0.285. The number of aryl methyl sites for hydroxylation is 3. The van der Waals surface area contributed by atoms with Crippen molar-refractivity contribution in [3.05, 3.63) is 101 Å². The van der Waals surface area contributed by atoms with Gasteiger partial charge in [-0.3, -0.25) is 9.59 Å². The average Bonchev–Trinajstić information content (AvgIpc) is 3.24. The molecule has 4 rings (SSSR count). The molecule has 0 bridgehead atoms. The summed E-state index contributed by atoms with van der Waals surface area (Å²) in [6, 6.07) is 25.0. The predicted molar refractivity (Wildman–Crippen MR) is 138 cm³/mol. The van der Waals surface area contributed by atoms with Gasteiger partial charge in [0.1, 0.15) is 6.61 Å². The van der Waals surface area contributed by atoms with Crippen LogP contribution in [0.5, 0.6) is 0 Å². The number of hydrogen-bond donors (Lipinski definition) is 0. The van der Waals surface area contributed by atoms with Crippen LogP contribution in [0, 0.1) is 0 Å². The van der Waals surface area contributed by atoms with Gasteiger partial charge in [0.25, 0.3) is 0 Å². The Kier molecular flexibility index (Phi) is 7.99. The molecule has 0 aliphatic rings. The number of fused-ring (bicyclic) bond motifs is 1. The topological polar surface area (TPSA) is 57.5 Å². The molecule has 0 unspecified atom stereocenters. The Bertz CT molecular complexity index is 1290. The van der Waals surface area contributed by atoms with E-state index in [1.807, 2.05) is 37.3 Å². The van der Waals surface area contributed by atoms with Crippen molar-refractivity contribution in [2.24, 2.45) is 0 Å².